The number of hydrogen-bond donors (Lipinski definition) is 2. The molecule has 1 fully saturated rings. The molecule has 3 rings (SSSR count). The van der Waals surface area contributed by atoms with Crippen molar-refractivity contribution in [2.45, 2.75) is 4.90 Å². The quantitative estimate of drug-likeness (QED) is 0.641. The Kier molecular flexibility index (Phi) is 4.03. The van der Waals surface area contributed by atoms with Crippen molar-refractivity contribution in [1.29, 1.82) is 0 Å². The zero-order valence-corrected chi connectivity index (χ0v) is 13.0. The van der Waals surface area contributed by atoms with E-state index in [9.17, 15) is 14.4 Å². The zero-order valence-electron chi connectivity index (χ0n) is 12.2. The highest BCUT2D eigenvalue weighted by atomic mass is 32.2. The summed E-state index contributed by atoms with van der Waals surface area (Å²) >= 11 is 1.64. The number of rotatable bonds is 2. The molecule has 0 radical (unpaired) electrons. The largest absolute Gasteiger partial charge is 0.338 e. The summed E-state index contributed by atoms with van der Waals surface area (Å²) in [6.45, 7) is 0. The van der Waals surface area contributed by atoms with Gasteiger partial charge in [-0.2, -0.15) is 0 Å². The normalized spacial score (nSPS) is 19.2. The molecule has 1 saturated heterocycles. The van der Waals surface area contributed by atoms with Gasteiger partial charge in [0.15, 0.2) is 0 Å². The lowest BCUT2D eigenvalue weighted by Gasteiger charge is -2.13. The minimum Gasteiger partial charge on any atom is -0.338 e. The molecular weight excluding hydrogens is 314 g/mol. The first kappa shape index (κ1) is 15.1. The van der Waals surface area contributed by atoms with Crippen molar-refractivity contribution in [2.75, 3.05) is 11.9 Å². The number of allylic oxidation sites excluding steroid dienone is 4. The van der Waals surface area contributed by atoms with Gasteiger partial charge in [-0.1, -0.05) is 36.0 Å². The first-order valence-electron chi connectivity index (χ1n) is 6.82. The second-order valence-electron chi connectivity index (χ2n) is 4.84. The molecule has 6 nitrogen and oxygen atoms in total. The van der Waals surface area contributed by atoms with Gasteiger partial charge in [-0.05, 0) is 24.3 Å². The van der Waals surface area contributed by atoms with E-state index in [0.29, 0.717) is 0 Å². The van der Waals surface area contributed by atoms with Gasteiger partial charge in [-0.25, -0.2) is 4.79 Å². The van der Waals surface area contributed by atoms with E-state index in [1.54, 1.807) is 23.9 Å². The lowest BCUT2D eigenvalue weighted by molar-refractivity contribution is -0.124. The van der Waals surface area contributed by atoms with Crippen LogP contribution >= 0.6 is 11.8 Å². The molecule has 1 aromatic carbocycles. The van der Waals surface area contributed by atoms with Crippen molar-refractivity contribution in [3.63, 3.8) is 0 Å². The van der Waals surface area contributed by atoms with Crippen molar-refractivity contribution in [2.24, 2.45) is 0 Å². The van der Waals surface area contributed by atoms with Gasteiger partial charge in [-0.3, -0.25) is 20.2 Å². The highest BCUT2D eigenvalue weighted by molar-refractivity contribution is 8.03. The molecule has 0 unspecified atom stereocenters. The number of nitrogens with zero attached hydrogens (tertiary/aromatic N) is 1. The van der Waals surface area contributed by atoms with Crippen LogP contribution in [0.25, 0.3) is 0 Å². The molecule has 0 saturated carbocycles. The van der Waals surface area contributed by atoms with E-state index in [-0.39, 0.29) is 5.57 Å². The van der Waals surface area contributed by atoms with Crippen LogP contribution in [0.1, 0.15) is 0 Å². The fourth-order valence-corrected chi connectivity index (χ4v) is 3.25. The lowest BCUT2D eigenvalue weighted by atomic mass is 10.2. The third-order valence-electron chi connectivity index (χ3n) is 3.33. The summed E-state index contributed by atoms with van der Waals surface area (Å²) in [5, 5.41) is 5.08. The number of para-hydroxylation sites is 1. The van der Waals surface area contributed by atoms with Crippen LogP contribution in [-0.4, -0.2) is 24.9 Å². The fourth-order valence-electron chi connectivity index (χ4n) is 2.18. The molecule has 2 aliphatic heterocycles. The number of thioether (sulfide) groups is 1. The van der Waals surface area contributed by atoms with E-state index >= 15 is 0 Å². The van der Waals surface area contributed by atoms with Crippen LogP contribution in [0, 0.1) is 0 Å². The number of nitrogens with one attached hydrogen (secondary N) is 2. The molecular formula is C16H13N3O3S. The number of urea groups is 1. The maximum absolute atomic E-state index is 11.5. The predicted octanol–water partition coefficient (Wildman–Crippen LogP) is 1.92. The molecule has 2 heterocycles. The Morgan fingerprint density at radius 1 is 1.00 bits per heavy atom. The Bertz CT molecular complexity index is 774. The maximum Gasteiger partial charge on any atom is 0.328 e. The number of amides is 4. The SMILES string of the molecule is CN1C(=CC=CC=C2C(=O)NC(=O)NC2=O)Sc2ccccc21. The Hall–Kier alpha value is -2.80. The van der Waals surface area contributed by atoms with E-state index in [1.807, 2.05) is 42.0 Å². The summed E-state index contributed by atoms with van der Waals surface area (Å²) in [6, 6.07) is 7.27. The number of imide groups is 2. The van der Waals surface area contributed by atoms with Gasteiger partial charge in [-0.15, -0.1) is 0 Å². The summed E-state index contributed by atoms with van der Waals surface area (Å²) in [5.41, 5.74) is 1.04. The molecule has 4 amide bonds. The number of carbonyl (C=O) groups excluding carboxylic acids is 3. The van der Waals surface area contributed by atoms with Crippen LogP contribution in [0.4, 0.5) is 10.5 Å². The van der Waals surface area contributed by atoms with Gasteiger partial charge in [0.1, 0.15) is 5.57 Å². The fraction of sp³-hybridized carbons (Fsp3) is 0.0625. The smallest absolute Gasteiger partial charge is 0.328 e. The van der Waals surface area contributed by atoms with Crippen LogP contribution in [0.2, 0.25) is 0 Å². The predicted molar refractivity (Wildman–Crippen MR) is 87.7 cm³/mol. The van der Waals surface area contributed by atoms with Crippen LogP contribution in [0.3, 0.4) is 0 Å². The van der Waals surface area contributed by atoms with Crippen LogP contribution in [0.15, 0.2) is 64.1 Å². The molecule has 0 aliphatic carbocycles. The van der Waals surface area contributed by atoms with E-state index < -0.39 is 17.8 Å². The third-order valence-corrected chi connectivity index (χ3v) is 4.51. The van der Waals surface area contributed by atoms with Crippen molar-refractivity contribution in [3.05, 3.63) is 59.2 Å². The van der Waals surface area contributed by atoms with Gasteiger partial charge in [0, 0.05) is 11.9 Å². The van der Waals surface area contributed by atoms with Crippen molar-refractivity contribution >= 4 is 35.3 Å². The van der Waals surface area contributed by atoms with Crippen LogP contribution in [-0.2, 0) is 9.59 Å². The van der Waals surface area contributed by atoms with E-state index in [0.717, 1.165) is 10.7 Å². The standard InChI is InChI=1S/C16H13N3O3S/c1-19-11-7-3-4-8-12(11)23-13(19)9-5-2-6-10-14(20)17-16(22)18-15(10)21/h2-9H,1H3,(H2,17,18,20,21,22). The number of barbiturate groups is 1. The van der Waals surface area contributed by atoms with Crippen molar-refractivity contribution in [3.8, 4) is 0 Å². The zero-order chi connectivity index (χ0) is 16.4. The van der Waals surface area contributed by atoms with Crippen LogP contribution in [0.5, 0.6) is 0 Å². The monoisotopic (exact) mass is 327 g/mol. The summed E-state index contributed by atoms with van der Waals surface area (Å²) in [7, 11) is 1.98. The number of carbonyl (C=O) groups is 3. The number of anilines is 1. The summed E-state index contributed by atoms with van der Waals surface area (Å²) < 4.78 is 0. The van der Waals surface area contributed by atoms with Gasteiger partial charge >= 0.3 is 6.03 Å². The molecule has 116 valence electrons. The Labute approximate surface area is 136 Å². The average Bonchev–Trinajstić information content (AvgIpc) is 2.82. The molecule has 1 aromatic rings. The maximum atomic E-state index is 11.5. The molecule has 23 heavy (non-hydrogen) atoms. The molecule has 2 N–H and O–H groups in total. The van der Waals surface area contributed by atoms with E-state index in [1.165, 1.54) is 11.0 Å². The van der Waals surface area contributed by atoms with E-state index in [2.05, 4.69) is 11.0 Å². The van der Waals surface area contributed by atoms with Crippen LogP contribution < -0.4 is 15.5 Å². The minimum absolute atomic E-state index is 0.102. The summed E-state index contributed by atoms with van der Waals surface area (Å²) in [5.74, 6) is -1.40. The van der Waals surface area contributed by atoms with E-state index in [4.69, 9.17) is 0 Å². The molecule has 0 aromatic heterocycles. The molecule has 0 atom stereocenters. The molecule has 0 bridgehead atoms. The molecule has 0 spiro atoms. The topological polar surface area (TPSA) is 78.5 Å². The lowest BCUT2D eigenvalue weighted by Crippen LogP contribution is -2.51. The summed E-state index contributed by atoms with van der Waals surface area (Å²) in [4.78, 5) is 37.3. The first-order valence-corrected chi connectivity index (χ1v) is 7.64. The summed E-state index contributed by atoms with van der Waals surface area (Å²) in [6.07, 6.45) is 6.61. The Morgan fingerprint density at radius 3 is 2.35 bits per heavy atom. The third kappa shape index (κ3) is 3.04. The Morgan fingerprint density at radius 2 is 1.65 bits per heavy atom. The van der Waals surface area contributed by atoms with Gasteiger partial charge in [0.05, 0.1) is 10.7 Å². The van der Waals surface area contributed by atoms with Crippen molar-refractivity contribution < 1.29 is 14.4 Å². The minimum atomic E-state index is -0.801. The van der Waals surface area contributed by atoms with Gasteiger partial charge < -0.3 is 4.90 Å². The van der Waals surface area contributed by atoms with Gasteiger partial charge in [0.2, 0.25) is 0 Å². The number of hydrogen-bond acceptors (Lipinski definition) is 5. The van der Waals surface area contributed by atoms with Crippen molar-refractivity contribution in [1.82, 2.24) is 10.6 Å². The number of benzene rings is 1. The molecule has 7 heteroatoms. The van der Waals surface area contributed by atoms with Gasteiger partial charge in [0.25, 0.3) is 11.8 Å². The second kappa shape index (κ2) is 6.13. The number of fused-ring (bicyclic) bond motifs is 1. The highest BCUT2D eigenvalue weighted by Crippen LogP contribution is 2.44. The first-order chi connectivity index (χ1) is 11.1. The Balaban J connectivity index is 1.73. The second-order valence-corrected chi connectivity index (χ2v) is 5.90. The highest BCUT2D eigenvalue weighted by Gasteiger charge is 2.26. The average molecular weight is 327 g/mol. The molecule has 2 aliphatic rings.